The van der Waals surface area contributed by atoms with E-state index in [1.165, 1.54) is 0 Å². The van der Waals surface area contributed by atoms with Crippen LogP contribution < -0.4 is 0 Å². The fraction of sp³-hybridized carbons (Fsp3) is 0. The fourth-order valence-corrected chi connectivity index (χ4v) is 0. The van der Waals surface area contributed by atoms with E-state index in [0.29, 0.717) is 0 Å². The monoisotopic (exact) mass is 241 g/mol. The average molecular weight is 244 g/mol. The molecule has 0 N–H and O–H groups in total. The zero-order valence-electron chi connectivity index (χ0n) is 2.60. The molecule has 0 spiro atoms. The fourth-order valence-electron chi connectivity index (χ4n) is 0. The molecule has 0 radical (unpaired) electrons. The van der Waals surface area contributed by atoms with E-state index in [-0.39, 0.29) is 18.3 Å². The molecule has 0 fully saturated rings. The van der Waals surface area contributed by atoms with E-state index >= 15 is 0 Å². The second-order valence-corrected chi connectivity index (χ2v) is 5.62. The molecule has 37 valence electrons. The van der Waals surface area contributed by atoms with Gasteiger partial charge in [-0.05, 0) is 0 Å². The summed E-state index contributed by atoms with van der Waals surface area (Å²) < 4.78 is 8.38. The molecule has 0 unspecified atom stereocenters. The Morgan fingerprint density at radius 3 is 1.17 bits per heavy atom. The van der Waals surface area contributed by atoms with E-state index < -0.39 is 11.2 Å². The molecule has 0 amide bonds. The van der Waals surface area contributed by atoms with Crippen molar-refractivity contribution in [3.8, 4) is 0 Å². The van der Waals surface area contributed by atoms with Crippen molar-refractivity contribution in [2.75, 3.05) is 0 Å². The minimum absolute atomic E-state index is 0.125. The summed E-state index contributed by atoms with van der Waals surface area (Å²) >= 11 is -1.21. The van der Waals surface area contributed by atoms with Gasteiger partial charge >= 0.3 is 63.3 Å². The van der Waals surface area contributed by atoms with Crippen molar-refractivity contribution in [1.82, 2.24) is 0 Å². The zero-order valence-corrected chi connectivity index (χ0v) is 8.94. The van der Waals surface area contributed by atoms with Crippen molar-refractivity contribution >= 4 is 30.3 Å². The maximum absolute atomic E-state index is 8.38. The minimum atomic E-state index is -1.33. The van der Waals surface area contributed by atoms with E-state index in [2.05, 4.69) is 0 Å². The molecule has 0 rings (SSSR count). The maximum atomic E-state index is 8.38. The van der Waals surface area contributed by atoms with Gasteiger partial charge < -0.3 is 0 Å². The molecule has 0 heterocycles. The zero-order chi connectivity index (χ0) is 5.58. The van der Waals surface area contributed by atoms with Crippen LogP contribution in [0.5, 0.6) is 0 Å². The van der Waals surface area contributed by atoms with Gasteiger partial charge in [-0.25, -0.2) is 0 Å². The van der Waals surface area contributed by atoms with Crippen molar-refractivity contribution in [3.63, 3.8) is 0 Å². The molecule has 1 nitrogen and oxygen atoms in total. The second-order valence-electron chi connectivity index (χ2n) is 0.152. The van der Waals surface area contributed by atoms with Crippen molar-refractivity contribution < 1.29 is 33.0 Å². The topological polar surface area (TPSA) is 17.1 Å². The summed E-state index contributed by atoms with van der Waals surface area (Å²) in [7, 11) is 14.7. The Labute approximate surface area is 62.8 Å². The van der Waals surface area contributed by atoms with Gasteiger partial charge in [-0.2, -0.15) is 0 Å². The van der Waals surface area contributed by atoms with Crippen molar-refractivity contribution in [2.45, 2.75) is 0 Å². The number of rotatable bonds is 0. The van der Waals surface area contributed by atoms with Gasteiger partial charge in [0.15, 0.2) is 0 Å². The third kappa shape index (κ3) is 41.0. The predicted molar refractivity (Wildman–Crippen MR) is 18.2 cm³/mol. The van der Waals surface area contributed by atoms with Gasteiger partial charge in [-0.15, -0.1) is 0 Å². The average Bonchev–Trinajstić information content (AvgIpc) is 1.41. The molecule has 0 atom stereocenters. The van der Waals surface area contributed by atoms with Gasteiger partial charge in [0.05, 0.1) is 0 Å². The van der Waals surface area contributed by atoms with Gasteiger partial charge in [0.1, 0.15) is 0 Å². The van der Waals surface area contributed by atoms with E-state index in [1.54, 1.807) is 0 Å². The molecule has 0 aromatic carbocycles. The first-order valence-corrected chi connectivity index (χ1v) is 6.46. The van der Waals surface area contributed by atoms with Gasteiger partial charge in [-0.3, -0.25) is 0 Å². The summed E-state index contributed by atoms with van der Waals surface area (Å²) in [5.41, 5.74) is 0. The van der Waals surface area contributed by atoms with Crippen LogP contribution in [0.4, 0.5) is 0 Å². The molecule has 0 saturated carbocycles. The van der Waals surface area contributed by atoms with Crippen LogP contribution in [0, 0.1) is 0 Å². The van der Waals surface area contributed by atoms with Gasteiger partial charge in [0.2, 0.25) is 0 Å². The second kappa shape index (κ2) is 9.94. The number of halogens is 3. The first-order valence-electron chi connectivity index (χ1n) is 0.690. The molecule has 6 heavy (non-hydrogen) atoms. The molecular weight excluding hydrogens is 244 g/mol. The normalized spacial score (nSPS) is 8.50. The molecule has 0 aliphatic carbocycles. The summed E-state index contributed by atoms with van der Waals surface area (Å²) in [5, 5.41) is 0. The Hall–Kier alpha value is 1.81. The third-order valence-electron chi connectivity index (χ3n) is 0. The van der Waals surface area contributed by atoms with E-state index in [9.17, 15) is 0 Å². The van der Waals surface area contributed by atoms with Crippen LogP contribution in [-0.4, -0.2) is 0 Å². The van der Waals surface area contributed by atoms with Crippen LogP contribution in [-0.2, 0) is 33.0 Å². The molecule has 0 bridgehead atoms. The summed E-state index contributed by atoms with van der Waals surface area (Å²) in [6.07, 6.45) is 0. The van der Waals surface area contributed by atoms with Crippen molar-refractivity contribution in [1.29, 1.82) is 0 Å². The van der Waals surface area contributed by atoms with Crippen molar-refractivity contribution in [3.05, 3.63) is 0 Å². The summed E-state index contributed by atoms with van der Waals surface area (Å²) in [6, 6.07) is 0. The van der Waals surface area contributed by atoms with E-state index in [4.69, 9.17) is 33.9 Å². The first-order chi connectivity index (χ1) is 2.73. The number of hydrogen-bond acceptors (Lipinski definition) is 1. The summed E-state index contributed by atoms with van der Waals surface area (Å²) in [5.74, 6) is 0. The molecule has 0 aliphatic heterocycles. The Morgan fingerprint density at radius 1 is 1.17 bits per heavy atom. The summed E-state index contributed by atoms with van der Waals surface area (Å²) in [4.78, 5) is 0. The third-order valence-corrected chi connectivity index (χ3v) is 0. The quantitative estimate of drug-likeness (QED) is 0.595. The Bertz CT molecular complexity index is 22.0. The molecule has 0 aliphatic rings. The van der Waals surface area contributed by atoms with E-state index in [0.717, 1.165) is 0 Å². The Balaban J connectivity index is 0. The molecular formula is Cl3FeOZn. The SMILES string of the molecule is [Cl][Fe]([Cl])[Cl].[O]=[Zn]. The molecule has 0 saturated heterocycles. The molecule has 0 aromatic heterocycles. The van der Waals surface area contributed by atoms with Crippen LogP contribution in [0.25, 0.3) is 0 Å². The van der Waals surface area contributed by atoms with Crippen LogP contribution in [0.2, 0.25) is 0 Å². The Morgan fingerprint density at radius 2 is 1.17 bits per heavy atom. The van der Waals surface area contributed by atoms with Crippen LogP contribution >= 0.6 is 30.3 Å². The van der Waals surface area contributed by atoms with Gasteiger partial charge in [0.25, 0.3) is 0 Å². The van der Waals surface area contributed by atoms with Crippen LogP contribution in [0.3, 0.4) is 0 Å². The molecule has 0 aromatic rings. The molecule has 6 heteroatoms. The van der Waals surface area contributed by atoms with Gasteiger partial charge in [-0.1, -0.05) is 0 Å². The predicted octanol–water partition coefficient (Wildman–Crippen LogP) is 1.94. The summed E-state index contributed by atoms with van der Waals surface area (Å²) in [6.45, 7) is 0. The van der Waals surface area contributed by atoms with Crippen molar-refractivity contribution in [2.24, 2.45) is 0 Å². The Kier molecular flexibility index (Phi) is 17.8. The standard InChI is InChI=1S/3ClH.Fe.O.Zn/h3*1H;;;/q;;;+3;;/p-3. The van der Waals surface area contributed by atoms with Gasteiger partial charge in [0, 0.05) is 0 Å². The first kappa shape index (κ1) is 10.7. The van der Waals surface area contributed by atoms with E-state index in [1.807, 2.05) is 0 Å². The van der Waals surface area contributed by atoms with Crippen LogP contribution in [0.15, 0.2) is 0 Å². The van der Waals surface area contributed by atoms with Crippen LogP contribution in [0.1, 0.15) is 0 Å². The number of hydrogen-bond donors (Lipinski definition) is 0.